The molecule has 0 aliphatic rings. The van der Waals surface area contributed by atoms with Crippen LogP contribution < -0.4 is 0 Å². The zero-order valence-corrected chi connectivity index (χ0v) is 15.0. The second-order valence-electron chi connectivity index (χ2n) is 5.29. The molecule has 3 rings (SSSR count). The number of thioether (sulfide) groups is 1. The highest BCUT2D eigenvalue weighted by Gasteiger charge is 2.15. The van der Waals surface area contributed by atoms with Crippen LogP contribution in [-0.2, 0) is 6.54 Å². The molecule has 0 spiro atoms. The first-order valence-corrected chi connectivity index (χ1v) is 9.06. The van der Waals surface area contributed by atoms with Crippen LogP contribution >= 0.6 is 23.4 Å². The van der Waals surface area contributed by atoms with Crippen LogP contribution in [0.15, 0.2) is 72.4 Å². The average Bonchev–Trinajstić information content (AvgIpc) is 3.03. The summed E-state index contributed by atoms with van der Waals surface area (Å²) in [5.74, 6) is 1.03. The van der Waals surface area contributed by atoms with E-state index in [0.29, 0.717) is 22.3 Å². The van der Waals surface area contributed by atoms with Gasteiger partial charge in [-0.2, -0.15) is 0 Å². The van der Waals surface area contributed by atoms with Crippen molar-refractivity contribution in [2.75, 3.05) is 5.75 Å². The lowest BCUT2D eigenvalue weighted by Crippen LogP contribution is -2.05. The highest BCUT2D eigenvalue weighted by atomic mass is 35.5. The maximum Gasteiger partial charge on any atom is 0.192 e. The molecule has 4 nitrogen and oxygen atoms in total. The number of hydrogen-bond donors (Lipinski definition) is 0. The molecule has 1 heterocycles. The Labute approximate surface area is 155 Å². The Morgan fingerprint density at radius 1 is 1.16 bits per heavy atom. The molecule has 0 saturated carbocycles. The summed E-state index contributed by atoms with van der Waals surface area (Å²) in [6.45, 7) is 4.37. The van der Waals surface area contributed by atoms with E-state index in [2.05, 4.69) is 16.8 Å². The fourth-order valence-corrected chi connectivity index (χ4v) is 3.40. The first kappa shape index (κ1) is 17.5. The van der Waals surface area contributed by atoms with Crippen molar-refractivity contribution in [3.05, 3.63) is 77.8 Å². The van der Waals surface area contributed by atoms with Gasteiger partial charge < -0.3 is 0 Å². The predicted molar refractivity (Wildman–Crippen MR) is 102 cm³/mol. The van der Waals surface area contributed by atoms with Gasteiger partial charge in [-0.3, -0.25) is 9.36 Å². The number of rotatable bonds is 7. The highest BCUT2D eigenvalue weighted by molar-refractivity contribution is 7.99. The van der Waals surface area contributed by atoms with Crippen molar-refractivity contribution < 1.29 is 4.79 Å². The number of aromatic nitrogens is 3. The molecule has 0 radical (unpaired) electrons. The van der Waals surface area contributed by atoms with Crippen LogP contribution in [0.5, 0.6) is 0 Å². The summed E-state index contributed by atoms with van der Waals surface area (Å²) in [6, 6.07) is 16.8. The quantitative estimate of drug-likeness (QED) is 0.342. The number of ketones is 1. The molecule has 6 heteroatoms. The van der Waals surface area contributed by atoms with Crippen molar-refractivity contribution in [2.24, 2.45) is 0 Å². The summed E-state index contributed by atoms with van der Waals surface area (Å²) in [4.78, 5) is 12.4. The molecular weight excluding hydrogens is 354 g/mol. The highest BCUT2D eigenvalue weighted by Crippen LogP contribution is 2.25. The summed E-state index contributed by atoms with van der Waals surface area (Å²) in [5.41, 5.74) is 1.57. The largest absolute Gasteiger partial charge is 0.298 e. The van der Waals surface area contributed by atoms with Gasteiger partial charge in [0, 0.05) is 22.7 Å². The third-order valence-corrected chi connectivity index (χ3v) is 4.74. The Bertz CT molecular complexity index is 893. The summed E-state index contributed by atoms with van der Waals surface area (Å²) in [5, 5.41) is 9.77. The monoisotopic (exact) mass is 369 g/mol. The van der Waals surface area contributed by atoms with E-state index in [4.69, 9.17) is 11.6 Å². The molecule has 126 valence electrons. The van der Waals surface area contributed by atoms with Crippen LogP contribution in [0.1, 0.15) is 10.4 Å². The van der Waals surface area contributed by atoms with Crippen LogP contribution in [-0.4, -0.2) is 26.3 Å². The summed E-state index contributed by atoms with van der Waals surface area (Å²) < 4.78 is 1.96. The first-order valence-electron chi connectivity index (χ1n) is 7.70. The van der Waals surface area contributed by atoms with Gasteiger partial charge in [0.2, 0.25) is 0 Å². The molecular formula is C19H16ClN3OS. The number of hydrogen-bond acceptors (Lipinski definition) is 4. The van der Waals surface area contributed by atoms with E-state index >= 15 is 0 Å². The van der Waals surface area contributed by atoms with E-state index in [-0.39, 0.29) is 11.5 Å². The Hall–Kier alpha value is -2.37. The number of allylic oxidation sites excluding steroid dienone is 1. The van der Waals surface area contributed by atoms with Crippen LogP contribution in [0.4, 0.5) is 0 Å². The Morgan fingerprint density at radius 2 is 1.96 bits per heavy atom. The molecule has 0 amide bonds. The SMILES string of the molecule is C=CCn1c(SCC(=O)c2cccc(Cl)c2)nnc1-c1ccccc1. The maximum atomic E-state index is 12.4. The lowest BCUT2D eigenvalue weighted by Gasteiger charge is -2.07. The van der Waals surface area contributed by atoms with E-state index in [1.54, 1.807) is 30.3 Å². The van der Waals surface area contributed by atoms with Crippen molar-refractivity contribution in [1.29, 1.82) is 0 Å². The zero-order valence-electron chi connectivity index (χ0n) is 13.4. The van der Waals surface area contributed by atoms with Crippen LogP contribution in [0.2, 0.25) is 5.02 Å². The average molecular weight is 370 g/mol. The van der Waals surface area contributed by atoms with Gasteiger partial charge in [-0.15, -0.1) is 16.8 Å². The number of benzene rings is 2. The Balaban J connectivity index is 1.80. The molecule has 0 unspecified atom stereocenters. The number of carbonyl (C=O) groups is 1. The van der Waals surface area contributed by atoms with E-state index in [1.807, 2.05) is 34.9 Å². The fourth-order valence-electron chi connectivity index (χ4n) is 2.37. The van der Waals surface area contributed by atoms with Crippen LogP contribution in [0, 0.1) is 0 Å². The number of halogens is 1. The standard InChI is InChI=1S/C19H16ClN3OS/c1-2-11-23-18(14-7-4-3-5-8-14)21-22-19(23)25-13-17(24)15-9-6-10-16(20)12-15/h2-10,12H,1,11,13H2. The minimum absolute atomic E-state index is 0.00177. The second-order valence-corrected chi connectivity index (χ2v) is 6.67. The van der Waals surface area contributed by atoms with Crippen molar-refractivity contribution in [3.63, 3.8) is 0 Å². The molecule has 0 aliphatic heterocycles. The van der Waals surface area contributed by atoms with Gasteiger partial charge in [-0.1, -0.05) is 71.9 Å². The molecule has 1 aromatic heterocycles. The number of carbonyl (C=O) groups excluding carboxylic acids is 1. The third kappa shape index (κ3) is 4.18. The predicted octanol–water partition coefficient (Wildman–Crippen LogP) is 4.76. The third-order valence-electron chi connectivity index (χ3n) is 3.54. The molecule has 25 heavy (non-hydrogen) atoms. The molecule has 0 N–H and O–H groups in total. The maximum absolute atomic E-state index is 12.4. The zero-order chi connectivity index (χ0) is 17.6. The Kier molecular flexibility index (Phi) is 5.68. The lowest BCUT2D eigenvalue weighted by atomic mass is 10.1. The topological polar surface area (TPSA) is 47.8 Å². The van der Waals surface area contributed by atoms with Gasteiger partial charge in [-0.05, 0) is 12.1 Å². The number of Topliss-reactive ketones (excluding diaryl/α,β-unsaturated/α-hetero) is 1. The minimum atomic E-state index is 0.00177. The van der Waals surface area contributed by atoms with Gasteiger partial charge in [0.25, 0.3) is 0 Å². The van der Waals surface area contributed by atoms with Gasteiger partial charge in [-0.25, -0.2) is 0 Å². The van der Waals surface area contributed by atoms with Crippen molar-refractivity contribution in [3.8, 4) is 11.4 Å². The summed E-state index contributed by atoms with van der Waals surface area (Å²) >= 11 is 7.31. The van der Waals surface area contributed by atoms with E-state index < -0.39 is 0 Å². The van der Waals surface area contributed by atoms with Crippen molar-refractivity contribution in [1.82, 2.24) is 14.8 Å². The van der Waals surface area contributed by atoms with E-state index in [9.17, 15) is 4.79 Å². The smallest absolute Gasteiger partial charge is 0.192 e. The molecule has 0 bridgehead atoms. The van der Waals surface area contributed by atoms with Crippen molar-refractivity contribution in [2.45, 2.75) is 11.7 Å². The van der Waals surface area contributed by atoms with E-state index in [0.717, 1.165) is 11.4 Å². The van der Waals surface area contributed by atoms with Crippen molar-refractivity contribution >= 4 is 29.1 Å². The molecule has 3 aromatic rings. The van der Waals surface area contributed by atoms with Crippen LogP contribution in [0.3, 0.4) is 0 Å². The van der Waals surface area contributed by atoms with Gasteiger partial charge in [0.1, 0.15) is 0 Å². The Morgan fingerprint density at radius 3 is 2.68 bits per heavy atom. The summed E-state index contributed by atoms with van der Waals surface area (Å²) in [6.07, 6.45) is 1.79. The van der Waals surface area contributed by atoms with E-state index in [1.165, 1.54) is 11.8 Å². The van der Waals surface area contributed by atoms with Crippen LogP contribution in [0.25, 0.3) is 11.4 Å². The molecule has 0 saturated heterocycles. The minimum Gasteiger partial charge on any atom is -0.298 e. The normalized spacial score (nSPS) is 10.6. The van der Waals surface area contributed by atoms with Gasteiger partial charge in [0.05, 0.1) is 5.75 Å². The van der Waals surface area contributed by atoms with Gasteiger partial charge >= 0.3 is 0 Å². The lowest BCUT2D eigenvalue weighted by molar-refractivity contribution is 0.102. The first-order chi connectivity index (χ1) is 12.2. The van der Waals surface area contributed by atoms with Gasteiger partial charge in [0.15, 0.2) is 16.8 Å². The number of nitrogens with zero attached hydrogens (tertiary/aromatic N) is 3. The molecule has 0 atom stereocenters. The molecule has 0 fully saturated rings. The molecule has 0 aliphatic carbocycles. The fraction of sp³-hybridized carbons (Fsp3) is 0.105. The second kappa shape index (κ2) is 8.14. The summed E-state index contributed by atoms with van der Waals surface area (Å²) in [7, 11) is 0. The molecule has 2 aromatic carbocycles.